The topological polar surface area (TPSA) is 24.9 Å². The molecule has 1 unspecified atom stereocenters. The van der Waals surface area contributed by atoms with Crippen LogP contribution in [-0.2, 0) is 6.54 Å². The highest BCUT2D eigenvalue weighted by molar-refractivity contribution is 9.10. The number of para-hydroxylation sites is 1. The van der Waals surface area contributed by atoms with E-state index in [4.69, 9.17) is 0 Å². The summed E-state index contributed by atoms with van der Waals surface area (Å²) < 4.78 is 2.39. The SMILES string of the molecule is CC(NCc1nc2ccccc2s1)c1ccccc1Br. The molecule has 0 saturated heterocycles. The van der Waals surface area contributed by atoms with Crippen LogP contribution in [-0.4, -0.2) is 4.98 Å². The highest BCUT2D eigenvalue weighted by Crippen LogP contribution is 2.25. The molecular formula is C16H15BrN2S. The molecule has 1 N–H and O–H groups in total. The van der Waals surface area contributed by atoms with E-state index in [-0.39, 0.29) is 6.04 Å². The smallest absolute Gasteiger partial charge is 0.108 e. The summed E-state index contributed by atoms with van der Waals surface area (Å²) in [6, 6.07) is 16.9. The molecule has 2 nitrogen and oxygen atoms in total. The van der Waals surface area contributed by atoms with Crippen molar-refractivity contribution in [2.45, 2.75) is 19.5 Å². The van der Waals surface area contributed by atoms with Crippen LogP contribution in [0.1, 0.15) is 23.5 Å². The van der Waals surface area contributed by atoms with Crippen LogP contribution in [0.15, 0.2) is 53.0 Å². The van der Waals surface area contributed by atoms with Crippen molar-refractivity contribution in [1.82, 2.24) is 10.3 Å². The second-order valence-electron chi connectivity index (χ2n) is 4.70. The van der Waals surface area contributed by atoms with Crippen LogP contribution in [0, 0.1) is 0 Å². The van der Waals surface area contributed by atoms with Crippen molar-refractivity contribution in [1.29, 1.82) is 0 Å². The predicted octanol–water partition coefficient (Wildman–Crippen LogP) is 4.91. The first-order valence-corrected chi connectivity index (χ1v) is 8.17. The Morgan fingerprint density at radius 2 is 1.90 bits per heavy atom. The molecular weight excluding hydrogens is 332 g/mol. The molecule has 3 rings (SSSR count). The van der Waals surface area contributed by atoms with Gasteiger partial charge in [-0.15, -0.1) is 11.3 Å². The number of halogens is 1. The number of thiazole rings is 1. The summed E-state index contributed by atoms with van der Waals surface area (Å²) >= 11 is 5.35. The summed E-state index contributed by atoms with van der Waals surface area (Å²) in [5.74, 6) is 0. The molecule has 0 saturated carbocycles. The summed E-state index contributed by atoms with van der Waals surface area (Å²) in [6.45, 7) is 2.97. The number of hydrogen-bond acceptors (Lipinski definition) is 3. The van der Waals surface area contributed by atoms with Gasteiger partial charge >= 0.3 is 0 Å². The third kappa shape index (κ3) is 2.92. The van der Waals surface area contributed by atoms with Crippen LogP contribution in [0.2, 0.25) is 0 Å². The van der Waals surface area contributed by atoms with E-state index in [1.165, 1.54) is 10.3 Å². The molecule has 0 fully saturated rings. The van der Waals surface area contributed by atoms with Crippen molar-refractivity contribution < 1.29 is 0 Å². The van der Waals surface area contributed by atoms with Crippen LogP contribution in [0.5, 0.6) is 0 Å². The summed E-state index contributed by atoms with van der Waals surface area (Å²) in [7, 11) is 0. The molecule has 0 spiro atoms. The molecule has 0 aliphatic carbocycles. The Bertz CT molecular complexity index is 690. The minimum atomic E-state index is 0.289. The second-order valence-corrected chi connectivity index (χ2v) is 6.67. The van der Waals surface area contributed by atoms with E-state index in [9.17, 15) is 0 Å². The van der Waals surface area contributed by atoms with Crippen LogP contribution in [0.25, 0.3) is 10.2 Å². The quantitative estimate of drug-likeness (QED) is 0.725. The molecule has 1 atom stereocenters. The lowest BCUT2D eigenvalue weighted by Gasteiger charge is -2.14. The lowest BCUT2D eigenvalue weighted by molar-refractivity contribution is 0.572. The number of hydrogen-bond donors (Lipinski definition) is 1. The van der Waals surface area contributed by atoms with Gasteiger partial charge in [-0.25, -0.2) is 4.98 Å². The van der Waals surface area contributed by atoms with Crippen molar-refractivity contribution in [2.24, 2.45) is 0 Å². The van der Waals surface area contributed by atoms with E-state index in [2.05, 4.69) is 69.6 Å². The molecule has 1 aromatic heterocycles. The zero-order valence-electron chi connectivity index (χ0n) is 11.1. The van der Waals surface area contributed by atoms with Gasteiger partial charge in [0.2, 0.25) is 0 Å². The first-order valence-electron chi connectivity index (χ1n) is 6.56. The average molecular weight is 347 g/mol. The fourth-order valence-electron chi connectivity index (χ4n) is 2.17. The fourth-order valence-corrected chi connectivity index (χ4v) is 3.72. The maximum atomic E-state index is 4.65. The van der Waals surface area contributed by atoms with Crippen molar-refractivity contribution in [3.8, 4) is 0 Å². The Hall–Kier alpha value is -1.23. The molecule has 0 aliphatic heterocycles. The third-order valence-electron chi connectivity index (χ3n) is 3.27. The zero-order chi connectivity index (χ0) is 13.9. The van der Waals surface area contributed by atoms with Crippen LogP contribution in [0.3, 0.4) is 0 Å². The van der Waals surface area contributed by atoms with Crippen molar-refractivity contribution in [3.63, 3.8) is 0 Å². The molecule has 0 radical (unpaired) electrons. The monoisotopic (exact) mass is 346 g/mol. The summed E-state index contributed by atoms with van der Waals surface area (Å²) in [5.41, 5.74) is 2.36. The minimum Gasteiger partial charge on any atom is -0.304 e. The highest BCUT2D eigenvalue weighted by atomic mass is 79.9. The third-order valence-corrected chi connectivity index (χ3v) is 5.03. The van der Waals surface area contributed by atoms with E-state index in [0.29, 0.717) is 0 Å². The van der Waals surface area contributed by atoms with Gasteiger partial charge in [-0.3, -0.25) is 0 Å². The lowest BCUT2D eigenvalue weighted by atomic mass is 10.1. The van der Waals surface area contributed by atoms with E-state index in [1.54, 1.807) is 11.3 Å². The van der Waals surface area contributed by atoms with Gasteiger partial charge in [0, 0.05) is 17.1 Å². The maximum Gasteiger partial charge on any atom is 0.108 e. The van der Waals surface area contributed by atoms with Crippen LogP contribution >= 0.6 is 27.3 Å². The molecule has 3 aromatic rings. The Labute approximate surface area is 131 Å². The Morgan fingerprint density at radius 3 is 2.70 bits per heavy atom. The van der Waals surface area contributed by atoms with Gasteiger partial charge in [0.05, 0.1) is 10.2 Å². The van der Waals surface area contributed by atoms with Crippen LogP contribution in [0.4, 0.5) is 0 Å². The molecule has 2 aromatic carbocycles. The Morgan fingerprint density at radius 1 is 1.15 bits per heavy atom. The summed E-state index contributed by atoms with van der Waals surface area (Å²) in [6.07, 6.45) is 0. The Kier molecular flexibility index (Phi) is 4.15. The number of nitrogens with one attached hydrogen (secondary N) is 1. The first-order chi connectivity index (χ1) is 9.74. The molecule has 1 heterocycles. The zero-order valence-corrected chi connectivity index (χ0v) is 13.5. The molecule has 102 valence electrons. The van der Waals surface area contributed by atoms with Crippen molar-refractivity contribution in [3.05, 3.63) is 63.6 Å². The van der Waals surface area contributed by atoms with Gasteiger partial charge < -0.3 is 5.32 Å². The Balaban J connectivity index is 1.71. The lowest BCUT2D eigenvalue weighted by Crippen LogP contribution is -2.18. The predicted molar refractivity (Wildman–Crippen MR) is 89.0 cm³/mol. The fraction of sp³-hybridized carbons (Fsp3) is 0.188. The van der Waals surface area contributed by atoms with Gasteiger partial charge in [-0.2, -0.15) is 0 Å². The molecule has 4 heteroatoms. The first kappa shape index (κ1) is 13.7. The minimum absolute atomic E-state index is 0.289. The standard InChI is InChI=1S/C16H15BrN2S/c1-11(12-6-2-3-7-13(12)17)18-10-16-19-14-8-4-5-9-15(14)20-16/h2-9,11,18H,10H2,1H3. The highest BCUT2D eigenvalue weighted by Gasteiger charge is 2.09. The number of aromatic nitrogens is 1. The van der Waals surface area contributed by atoms with Gasteiger partial charge in [-0.05, 0) is 30.7 Å². The van der Waals surface area contributed by atoms with Gasteiger partial charge in [0.25, 0.3) is 0 Å². The number of nitrogens with zero attached hydrogens (tertiary/aromatic N) is 1. The molecule has 20 heavy (non-hydrogen) atoms. The van der Waals surface area contributed by atoms with E-state index in [1.807, 2.05) is 12.1 Å². The maximum absolute atomic E-state index is 4.65. The number of rotatable bonds is 4. The van der Waals surface area contributed by atoms with Crippen molar-refractivity contribution in [2.75, 3.05) is 0 Å². The number of benzene rings is 2. The largest absolute Gasteiger partial charge is 0.304 e. The van der Waals surface area contributed by atoms with Gasteiger partial charge in [-0.1, -0.05) is 46.3 Å². The van der Waals surface area contributed by atoms with Crippen LogP contribution < -0.4 is 5.32 Å². The normalized spacial score (nSPS) is 12.7. The average Bonchev–Trinajstić information content (AvgIpc) is 2.88. The van der Waals surface area contributed by atoms with Gasteiger partial charge in [0.1, 0.15) is 5.01 Å². The van der Waals surface area contributed by atoms with E-state index >= 15 is 0 Å². The van der Waals surface area contributed by atoms with Gasteiger partial charge in [0.15, 0.2) is 0 Å². The summed E-state index contributed by atoms with van der Waals surface area (Å²) in [4.78, 5) is 4.65. The molecule has 0 amide bonds. The van der Waals surface area contributed by atoms with Crippen molar-refractivity contribution >= 4 is 37.5 Å². The molecule has 0 bridgehead atoms. The number of fused-ring (bicyclic) bond motifs is 1. The second kappa shape index (κ2) is 6.04. The molecule has 0 aliphatic rings. The summed E-state index contributed by atoms with van der Waals surface area (Å²) in [5, 5.41) is 4.66. The van der Waals surface area contributed by atoms with E-state index in [0.717, 1.165) is 21.5 Å². The van der Waals surface area contributed by atoms with E-state index < -0.39 is 0 Å².